The number of fused-ring (bicyclic) bond motifs is 1. The van der Waals surface area contributed by atoms with Crippen LogP contribution in [0.25, 0.3) is 10.9 Å². The van der Waals surface area contributed by atoms with Gasteiger partial charge in [0.25, 0.3) is 0 Å². The standard InChI is InChI=1S/C23H14BrF2N3O3/c24-14-1-4-20-16(9-14)23(32)17(22(31)13-5-7-27-8-6-13)11-29(20)12-21(30)28-15-2-3-18(25)19(26)10-15/h1-11H,12H2,(H,28,30). The van der Waals surface area contributed by atoms with Crippen LogP contribution in [-0.4, -0.2) is 21.2 Å². The van der Waals surface area contributed by atoms with Gasteiger partial charge in [0.05, 0.1) is 11.1 Å². The van der Waals surface area contributed by atoms with Crippen molar-refractivity contribution in [2.24, 2.45) is 0 Å². The van der Waals surface area contributed by atoms with Crippen LogP contribution in [0.2, 0.25) is 0 Å². The van der Waals surface area contributed by atoms with Crippen molar-refractivity contribution in [1.29, 1.82) is 0 Å². The molecule has 0 radical (unpaired) electrons. The first-order valence-electron chi connectivity index (χ1n) is 9.36. The lowest BCUT2D eigenvalue weighted by molar-refractivity contribution is -0.116. The Hall–Kier alpha value is -3.72. The predicted octanol–water partition coefficient (Wildman–Crippen LogP) is 4.31. The average molecular weight is 498 g/mol. The van der Waals surface area contributed by atoms with Gasteiger partial charge >= 0.3 is 0 Å². The van der Waals surface area contributed by atoms with Crippen LogP contribution in [0.4, 0.5) is 14.5 Å². The zero-order valence-electron chi connectivity index (χ0n) is 16.3. The van der Waals surface area contributed by atoms with Crippen molar-refractivity contribution in [2.75, 3.05) is 5.32 Å². The number of ketones is 1. The molecule has 2 heterocycles. The summed E-state index contributed by atoms with van der Waals surface area (Å²) >= 11 is 3.32. The van der Waals surface area contributed by atoms with Crippen LogP contribution in [0.3, 0.4) is 0 Å². The van der Waals surface area contributed by atoms with E-state index in [4.69, 9.17) is 0 Å². The lowest BCUT2D eigenvalue weighted by atomic mass is 10.0. The van der Waals surface area contributed by atoms with Crippen LogP contribution in [-0.2, 0) is 11.3 Å². The van der Waals surface area contributed by atoms with E-state index in [0.29, 0.717) is 9.99 Å². The number of hydrogen-bond acceptors (Lipinski definition) is 4. The molecule has 0 saturated heterocycles. The monoisotopic (exact) mass is 497 g/mol. The Labute approximate surface area is 188 Å². The summed E-state index contributed by atoms with van der Waals surface area (Å²) in [7, 11) is 0. The number of nitrogens with one attached hydrogen (secondary N) is 1. The second-order valence-electron chi connectivity index (χ2n) is 6.90. The minimum atomic E-state index is -1.09. The number of halogens is 3. The molecule has 6 nitrogen and oxygen atoms in total. The Bertz CT molecular complexity index is 1420. The minimum Gasteiger partial charge on any atom is -0.337 e. The number of pyridine rings is 2. The van der Waals surface area contributed by atoms with Crippen molar-refractivity contribution in [2.45, 2.75) is 6.54 Å². The maximum atomic E-state index is 13.4. The molecule has 2 aromatic heterocycles. The van der Waals surface area contributed by atoms with E-state index in [1.54, 1.807) is 18.2 Å². The van der Waals surface area contributed by atoms with Crippen LogP contribution in [0.5, 0.6) is 0 Å². The first-order valence-corrected chi connectivity index (χ1v) is 10.1. The zero-order chi connectivity index (χ0) is 22.8. The van der Waals surface area contributed by atoms with Crippen molar-refractivity contribution in [1.82, 2.24) is 9.55 Å². The Morgan fingerprint density at radius 2 is 1.75 bits per heavy atom. The molecule has 0 unspecified atom stereocenters. The molecule has 2 aromatic carbocycles. The number of nitrogens with zero attached hydrogens (tertiary/aromatic N) is 2. The molecule has 0 aliphatic heterocycles. The average Bonchev–Trinajstić information content (AvgIpc) is 2.78. The van der Waals surface area contributed by atoms with E-state index in [2.05, 4.69) is 26.2 Å². The minimum absolute atomic E-state index is 0.0788. The van der Waals surface area contributed by atoms with Gasteiger partial charge in [0.2, 0.25) is 11.3 Å². The molecular formula is C23H14BrF2N3O3. The van der Waals surface area contributed by atoms with Crippen LogP contribution in [0.15, 0.2) is 76.4 Å². The maximum absolute atomic E-state index is 13.4. The van der Waals surface area contributed by atoms with E-state index in [0.717, 1.165) is 12.1 Å². The molecule has 0 bridgehead atoms. The Balaban J connectivity index is 1.75. The third-order valence-electron chi connectivity index (χ3n) is 4.75. The van der Waals surface area contributed by atoms with Gasteiger partial charge in [0.1, 0.15) is 6.54 Å². The maximum Gasteiger partial charge on any atom is 0.244 e. The number of hydrogen-bond donors (Lipinski definition) is 1. The second kappa shape index (κ2) is 8.80. The molecule has 9 heteroatoms. The van der Waals surface area contributed by atoms with E-state index in [-0.39, 0.29) is 28.7 Å². The summed E-state index contributed by atoms with van der Waals surface area (Å²) < 4.78 is 28.7. The van der Waals surface area contributed by atoms with Gasteiger partial charge in [0, 0.05) is 45.8 Å². The summed E-state index contributed by atoms with van der Waals surface area (Å²) in [5.41, 5.74) is 0.215. The molecule has 32 heavy (non-hydrogen) atoms. The number of rotatable bonds is 5. The molecule has 160 valence electrons. The number of anilines is 1. The molecule has 1 amide bonds. The van der Waals surface area contributed by atoms with E-state index >= 15 is 0 Å². The second-order valence-corrected chi connectivity index (χ2v) is 7.82. The highest BCUT2D eigenvalue weighted by atomic mass is 79.9. The third kappa shape index (κ3) is 4.33. The molecule has 1 N–H and O–H groups in total. The van der Waals surface area contributed by atoms with Gasteiger partial charge in [-0.1, -0.05) is 15.9 Å². The number of carbonyl (C=O) groups is 2. The fourth-order valence-corrected chi connectivity index (χ4v) is 3.61. The van der Waals surface area contributed by atoms with Crippen LogP contribution >= 0.6 is 15.9 Å². The quantitative estimate of drug-likeness (QED) is 0.416. The Morgan fingerprint density at radius 1 is 1.00 bits per heavy atom. The summed E-state index contributed by atoms with van der Waals surface area (Å²) in [5, 5.41) is 2.73. The molecule has 0 saturated carbocycles. The summed E-state index contributed by atoms with van der Waals surface area (Å²) in [5.74, 6) is -3.17. The number of aromatic nitrogens is 2. The first kappa shape index (κ1) is 21.5. The summed E-state index contributed by atoms with van der Waals surface area (Å²) in [6, 6.07) is 10.9. The van der Waals surface area contributed by atoms with E-state index in [9.17, 15) is 23.2 Å². The number of benzene rings is 2. The van der Waals surface area contributed by atoms with Crippen molar-refractivity contribution in [3.05, 3.63) is 105 Å². The highest BCUT2D eigenvalue weighted by Crippen LogP contribution is 2.20. The SMILES string of the molecule is O=C(Cn1cc(C(=O)c2ccncc2)c(=O)c2cc(Br)ccc21)Nc1ccc(F)c(F)c1. The van der Waals surface area contributed by atoms with E-state index in [1.165, 1.54) is 41.4 Å². The first-order chi connectivity index (χ1) is 15.3. The van der Waals surface area contributed by atoms with Gasteiger partial charge in [-0.15, -0.1) is 0 Å². The highest BCUT2D eigenvalue weighted by Gasteiger charge is 2.18. The normalized spacial score (nSPS) is 10.8. The summed E-state index contributed by atoms with van der Waals surface area (Å²) in [6.07, 6.45) is 4.21. The topological polar surface area (TPSA) is 81.1 Å². The summed E-state index contributed by atoms with van der Waals surface area (Å²) in [4.78, 5) is 42.5. The highest BCUT2D eigenvalue weighted by molar-refractivity contribution is 9.10. The van der Waals surface area contributed by atoms with Crippen LogP contribution in [0, 0.1) is 11.6 Å². The lowest BCUT2D eigenvalue weighted by Gasteiger charge is -2.14. The molecule has 0 fully saturated rings. The van der Waals surface area contributed by atoms with Crippen molar-refractivity contribution in [3.8, 4) is 0 Å². The van der Waals surface area contributed by atoms with Crippen molar-refractivity contribution in [3.63, 3.8) is 0 Å². The van der Waals surface area contributed by atoms with Crippen molar-refractivity contribution >= 4 is 44.2 Å². The fourth-order valence-electron chi connectivity index (χ4n) is 3.25. The lowest BCUT2D eigenvalue weighted by Crippen LogP contribution is -2.24. The Kier molecular flexibility index (Phi) is 5.91. The predicted molar refractivity (Wildman–Crippen MR) is 119 cm³/mol. The van der Waals surface area contributed by atoms with Gasteiger partial charge in [-0.05, 0) is 42.5 Å². The van der Waals surface area contributed by atoms with Crippen LogP contribution < -0.4 is 10.7 Å². The smallest absolute Gasteiger partial charge is 0.244 e. The van der Waals surface area contributed by atoms with E-state index in [1.807, 2.05) is 0 Å². The molecule has 0 aliphatic rings. The van der Waals surface area contributed by atoms with Gasteiger partial charge in [-0.2, -0.15) is 0 Å². The van der Waals surface area contributed by atoms with Gasteiger partial charge in [-0.3, -0.25) is 19.4 Å². The van der Waals surface area contributed by atoms with Gasteiger partial charge in [0.15, 0.2) is 17.4 Å². The largest absolute Gasteiger partial charge is 0.337 e. The van der Waals surface area contributed by atoms with Gasteiger partial charge in [-0.25, -0.2) is 8.78 Å². The molecule has 0 spiro atoms. The molecule has 4 rings (SSSR count). The van der Waals surface area contributed by atoms with Crippen LogP contribution in [0.1, 0.15) is 15.9 Å². The number of carbonyl (C=O) groups excluding carboxylic acids is 2. The molecule has 0 aliphatic carbocycles. The summed E-state index contributed by atoms with van der Waals surface area (Å²) in [6.45, 7) is -0.270. The fraction of sp³-hybridized carbons (Fsp3) is 0.0435. The van der Waals surface area contributed by atoms with E-state index < -0.39 is 28.8 Å². The Morgan fingerprint density at radius 3 is 2.47 bits per heavy atom. The van der Waals surface area contributed by atoms with Gasteiger partial charge < -0.3 is 9.88 Å². The third-order valence-corrected chi connectivity index (χ3v) is 5.24. The molecule has 0 atom stereocenters. The molecular weight excluding hydrogens is 484 g/mol. The van der Waals surface area contributed by atoms with Crippen molar-refractivity contribution < 1.29 is 18.4 Å². The number of amides is 1. The zero-order valence-corrected chi connectivity index (χ0v) is 17.9. The molecule has 4 aromatic rings.